The molecule has 6 heavy (non-hydrogen) atoms. The quantitative estimate of drug-likeness (QED) is 0.628. The molecule has 0 aliphatic rings. The van der Waals surface area contributed by atoms with Crippen molar-refractivity contribution in [3.8, 4) is 0 Å². The molecule has 1 heteroatoms. The van der Waals surface area contributed by atoms with Gasteiger partial charge in [0.15, 0.2) is 0 Å². The van der Waals surface area contributed by atoms with Crippen LogP contribution in [-0.2, 0) is 18.9 Å². The van der Waals surface area contributed by atoms with E-state index in [0.29, 0.717) is 0 Å². The van der Waals surface area contributed by atoms with Gasteiger partial charge < -0.3 is 0 Å². The normalized spacial score (nSPS) is 11.8. The van der Waals surface area contributed by atoms with Crippen molar-refractivity contribution in [3.63, 3.8) is 0 Å². The zero-order valence-electron chi connectivity index (χ0n) is 3.64. The van der Waals surface area contributed by atoms with Crippen LogP contribution in [0.15, 0.2) is 22.8 Å². The van der Waals surface area contributed by atoms with Crippen LogP contribution in [0.25, 0.3) is 0 Å². The molecule has 0 amide bonds. The number of rotatable bonds is 1. The van der Waals surface area contributed by atoms with E-state index >= 15 is 0 Å². The number of hydrogen-bond acceptors (Lipinski definition) is 0. The summed E-state index contributed by atoms with van der Waals surface area (Å²) in [5.74, 6) is 0. The third kappa shape index (κ3) is 4.13. The molecule has 0 nitrogen and oxygen atoms in total. The molecular weight excluding hydrogens is 252 g/mol. The molecule has 0 aliphatic heterocycles. The standard InChI is InChI=1S/C5H7.Ir/c1-3-5-4-2;/h1,3-5H,2H3;/b3-1?,5-4+;. The minimum absolute atomic E-state index is 2.00. The van der Waals surface area contributed by atoms with Crippen LogP contribution in [0.3, 0.4) is 0 Å². The van der Waals surface area contributed by atoms with Crippen molar-refractivity contribution in [1.29, 1.82) is 0 Å². The Morgan fingerprint density at radius 3 is 2.17 bits per heavy atom. The summed E-state index contributed by atoms with van der Waals surface area (Å²) in [6, 6.07) is 0. The van der Waals surface area contributed by atoms with Gasteiger partial charge in [-0.25, -0.2) is 0 Å². The molecule has 0 saturated carbocycles. The van der Waals surface area contributed by atoms with Crippen molar-refractivity contribution >= 4 is 0 Å². The summed E-state index contributed by atoms with van der Waals surface area (Å²) >= 11 is 2.00. The number of allylic oxidation sites excluding steroid dienone is 3. The van der Waals surface area contributed by atoms with Crippen LogP contribution in [-0.4, -0.2) is 0 Å². The van der Waals surface area contributed by atoms with Gasteiger partial charge in [-0.1, -0.05) is 0 Å². The summed E-state index contributed by atoms with van der Waals surface area (Å²) < 4.78 is 2.00. The summed E-state index contributed by atoms with van der Waals surface area (Å²) in [5.41, 5.74) is 0. The van der Waals surface area contributed by atoms with E-state index in [1.54, 1.807) is 0 Å². The minimum atomic E-state index is 2.00. The van der Waals surface area contributed by atoms with E-state index in [4.69, 9.17) is 0 Å². The molecule has 0 saturated heterocycles. The van der Waals surface area contributed by atoms with Crippen LogP contribution in [0.1, 0.15) is 6.92 Å². The van der Waals surface area contributed by atoms with Crippen molar-refractivity contribution in [2.24, 2.45) is 0 Å². The van der Waals surface area contributed by atoms with Crippen molar-refractivity contribution in [1.82, 2.24) is 0 Å². The molecule has 0 heterocycles. The Hall–Kier alpha value is 0.129. The average molecular weight is 259 g/mol. The summed E-state index contributed by atoms with van der Waals surface area (Å²) in [7, 11) is 0. The first kappa shape index (κ1) is 6.13. The fraction of sp³-hybridized carbons (Fsp3) is 0.200. The predicted octanol–water partition coefficient (Wildman–Crippen LogP) is 1.62. The topological polar surface area (TPSA) is 0 Å². The maximum atomic E-state index is 2.00. The Labute approximate surface area is 49.1 Å². The second-order valence-electron chi connectivity index (χ2n) is 0.829. The molecule has 0 aromatic heterocycles. The monoisotopic (exact) mass is 260 g/mol. The van der Waals surface area contributed by atoms with Gasteiger partial charge in [0.05, 0.1) is 0 Å². The van der Waals surface area contributed by atoms with Crippen LogP contribution in [0.2, 0.25) is 0 Å². The van der Waals surface area contributed by atoms with Crippen LogP contribution >= 0.6 is 0 Å². The SMILES string of the molecule is C/C=C/C=[CH]/[Ir]. The van der Waals surface area contributed by atoms with E-state index in [-0.39, 0.29) is 0 Å². The summed E-state index contributed by atoms with van der Waals surface area (Å²) in [4.78, 5) is 0. The van der Waals surface area contributed by atoms with Gasteiger partial charge in [0.1, 0.15) is 0 Å². The first-order valence-corrected chi connectivity index (χ1v) is 3.15. The Morgan fingerprint density at radius 1 is 1.33 bits per heavy atom. The van der Waals surface area contributed by atoms with Crippen LogP contribution in [0.4, 0.5) is 0 Å². The van der Waals surface area contributed by atoms with Gasteiger partial charge in [-0.05, 0) is 0 Å². The Balaban J connectivity index is 3.07. The van der Waals surface area contributed by atoms with E-state index in [1.165, 1.54) is 0 Å². The first-order chi connectivity index (χ1) is 2.91. The summed E-state index contributed by atoms with van der Waals surface area (Å²) in [5, 5.41) is 0. The second-order valence-corrected chi connectivity index (χ2v) is 1.63. The zero-order chi connectivity index (χ0) is 4.83. The van der Waals surface area contributed by atoms with Crippen molar-refractivity contribution in [3.05, 3.63) is 22.8 Å². The third-order valence-corrected chi connectivity index (χ3v) is 0.829. The number of hydrogen-bond donors (Lipinski definition) is 0. The molecular formula is C5H7Ir. The van der Waals surface area contributed by atoms with Crippen molar-refractivity contribution < 1.29 is 18.9 Å². The van der Waals surface area contributed by atoms with Gasteiger partial charge in [-0.3, -0.25) is 0 Å². The van der Waals surface area contributed by atoms with Gasteiger partial charge in [-0.2, -0.15) is 0 Å². The van der Waals surface area contributed by atoms with Gasteiger partial charge >= 0.3 is 48.6 Å². The molecule has 0 spiro atoms. The molecule has 0 fully saturated rings. The van der Waals surface area contributed by atoms with Crippen molar-refractivity contribution in [2.45, 2.75) is 6.92 Å². The van der Waals surface area contributed by atoms with Gasteiger partial charge in [-0.15, -0.1) is 0 Å². The van der Waals surface area contributed by atoms with Crippen molar-refractivity contribution in [2.75, 3.05) is 0 Å². The molecule has 0 rings (SSSR count). The molecule has 0 bridgehead atoms. The summed E-state index contributed by atoms with van der Waals surface area (Å²) in [6.07, 6.45) is 6.00. The molecule has 0 atom stereocenters. The molecule has 0 N–H and O–H groups in total. The van der Waals surface area contributed by atoms with Gasteiger partial charge in [0.2, 0.25) is 0 Å². The first-order valence-electron chi connectivity index (χ1n) is 1.77. The van der Waals surface area contributed by atoms with Crippen LogP contribution in [0, 0.1) is 0 Å². The van der Waals surface area contributed by atoms with E-state index in [2.05, 4.69) is 0 Å². The van der Waals surface area contributed by atoms with E-state index in [9.17, 15) is 0 Å². The van der Waals surface area contributed by atoms with Crippen LogP contribution in [0.5, 0.6) is 0 Å². The third-order valence-electron chi connectivity index (χ3n) is 0.368. The molecule has 0 radical (unpaired) electrons. The second kappa shape index (κ2) is 5.13. The zero-order valence-corrected chi connectivity index (χ0v) is 6.04. The van der Waals surface area contributed by atoms with E-state index in [1.807, 2.05) is 48.6 Å². The summed E-state index contributed by atoms with van der Waals surface area (Å²) in [6.45, 7) is 2.00. The Bertz CT molecular complexity index is 52.3. The predicted molar refractivity (Wildman–Crippen MR) is 24.0 cm³/mol. The Kier molecular flexibility index (Phi) is 5.24. The fourth-order valence-corrected chi connectivity index (χ4v) is 0.414. The molecule has 0 aromatic carbocycles. The molecule has 0 aliphatic carbocycles. The Morgan fingerprint density at radius 2 is 2.00 bits per heavy atom. The van der Waals surface area contributed by atoms with Gasteiger partial charge in [0.25, 0.3) is 0 Å². The molecule has 0 aromatic rings. The van der Waals surface area contributed by atoms with E-state index < -0.39 is 0 Å². The molecule has 36 valence electrons. The van der Waals surface area contributed by atoms with Gasteiger partial charge in [0, 0.05) is 0 Å². The van der Waals surface area contributed by atoms with E-state index in [0.717, 1.165) is 0 Å². The van der Waals surface area contributed by atoms with Crippen LogP contribution < -0.4 is 0 Å². The fourth-order valence-electron chi connectivity index (χ4n) is 0.148. The molecule has 0 unspecified atom stereocenters. The average Bonchev–Trinajstić information content (AvgIpc) is 1.61. The maximum absolute atomic E-state index is 2.00.